The summed E-state index contributed by atoms with van der Waals surface area (Å²) in [7, 11) is 1.62. The fourth-order valence-electron chi connectivity index (χ4n) is 4.33. The summed E-state index contributed by atoms with van der Waals surface area (Å²) in [6.45, 7) is 1.91. The van der Waals surface area contributed by atoms with Gasteiger partial charge in [0.05, 0.1) is 13.2 Å². The Bertz CT molecular complexity index is 939. The molecule has 1 unspecified atom stereocenters. The quantitative estimate of drug-likeness (QED) is 0.600. The first kappa shape index (κ1) is 21.2. The molecular weight excluding hydrogens is 394 g/mol. The van der Waals surface area contributed by atoms with Crippen LogP contribution >= 0.6 is 0 Å². The molecule has 1 aromatic carbocycles. The molecule has 0 bridgehead atoms. The van der Waals surface area contributed by atoms with E-state index in [1.807, 2.05) is 24.3 Å². The summed E-state index contributed by atoms with van der Waals surface area (Å²) in [5.41, 5.74) is 2.23. The Kier molecular flexibility index (Phi) is 6.44. The van der Waals surface area contributed by atoms with Crippen LogP contribution in [0.3, 0.4) is 0 Å². The Labute approximate surface area is 183 Å². The van der Waals surface area contributed by atoms with Crippen LogP contribution in [0, 0.1) is 0 Å². The second-order valence-electron chi connectivity index (χ2n) is 8.21. The van der Waals surface area contributed by atoms with Gasteiger partial charge in [-0.15, -0.1) is 0 Å². The molecule has 6 nitrogen and oxygen atoms in total. The number of nitrogens with zero attached hydrogens (tertiary/aromatic N) is 1. The van der Waals surface area contributed by atoms with Gasteiger partial charge in [0.25, 0.3) is 5.91 Å². The van der Waals surface area contributed by atoms with E-state index in [4.69, 9.17) is 14.2 Å². The average Bonchev–Trinajstić information content (AvgIpc) is 3.43. The minimum absolute atomic E-state index is 0.190. The molecule has 31 heavy (non-hydrogen) atoms. The fraction of sp³-hybridized carbons (Fsp3) is 0.440. The first-order chi connectivity index (χ1) is 15.1. The number of hydrogen-bond donors (Lipinski definition) is 0. The van der Waals surface area contributed by atoms with E-state index < -0.39 is 6.09 Å². The maximum atomic E-state index is 13.1. The highest BCUT2D eigenvalue weighted by Gasteiger charge is 2.39. The number of allylic oxidation sites excluding steroid dienone is 2. The Hall–Kier alpha value is -3.02. The number of carbonyl (C=O) groups excluding carboxylic acids is 2. The summed E-state index contributed by atoms with van der Waals surface area (Å²) in [5, 5.41) is 0. The topological polar surface area (TPSA) is 65.1 Å². The van der Waals surface area contributed by atoms with E-state index >= 15 is 0 Å². The molecule has 1 saturated carbocycles. The third kappa shape index (κ3) is 4.68. The van der Waals surface area contributed by atoms with E-state index in [1.54, 1.807) is 20.1 Å². The van der Waals surface area contributed by atoms with Gasteiger partial charge in [-0.25, -0.2) is 9.69 Å². The number of hydrogen-bond acceptors (Lipinski definition) is 5. The van der Waals surface area contributed by atoms with Crippen LogP contribution in [-0.4, -0.2) is 42.8 Å². The van der Waals surface area contributed by atoms with Gasteiger partial charge in [-0.3, -0.25) is 4.79 Å². The third-order valence-corrected chi connectivity index (χ3v) is 6.00. The molecule has 0 radical (unpaired) electrons. The predicted octanol–water partition coefficient (Wildman–Crippen LogP) is 5.04. The molecule has 2 amide bonds. The number of imide groups is 1. The second kappa shape index (κ2) is 9.41. The molecule has 1 saturated heterocycles. The van der Waals surface area contributed by atoms with Crippen molar-refractivity contribution < 1.29 is 23.8 Å². The smallest absolute Gasteiger partial charge is 0.417 e. The molecule has 6 heteroatoms. The lowest BCUT2D eigenvalue weighted by Gasteiger charge is -2.22. The maximum absolute atomic E-state index is 13.1. The van der Waals surface area contributed by atoms with Gasteiger partial charge in [-0.2, -0.15) is 0 Å². The number of rotatable bonds is 6. The van der Waals surface area contributed by atoms with Gasteiger partial charge in [0.15, 0.2) is 11.5 Å². The van der Waals surface area contributed by atoms with Crippen molar-refractivity contribution in [2.75, 3.05) is 13.7 Å². The number of carbonyl (C=O) groups is 2. The van der Waals surface area contributed by atoms with Gasteiger partial charge < -0.3 is 14.2 Å². The summed E-state index contributed by atoms with van der Waals surface area (Å²) in [6.07, 6.45) is 13.8. The zero-order chi connectivity index (χ0) is 21.8. The van der Waals surface area contributed by atoms with E-state index in [9.17, 15) is 9.59 Å². The Balaban J connectivity index is 1.55. The van der Waals surface area contributed by atoms with Crippen LogP contribution in [0.1, 0.15) is 51.0 Å². The SMILES string of the molecule is COc1ccc(/C=C(\C)C(=O)N2C(=O)OCC2C2=CCCC=C2)cc1OC1CCCC1. The average molecular weight is 424 g/mol. The van der Waals surface area contributed by atoms with Crippen molar-refractivity contribution in [1.82, 2.24) is 4.90 Å². The van der Waals surface area contributed by atoms with Crippen LogP contribution < -0.4 is 9.47 Å². The van der Waals surface area contributed by atoms with Crippen molar-refractivity contribution in [2.45, 2.75) is 57.6 Å². The Morgan fingerprint density at radius 3 is 2.71 bits per heavy atom. The van der Waals surface area contributed by atoms with E-state index in [0.29, 0.717) is 17.1 Å². The highest BCUT2D eigenvalue weighted by atomic mass is 16.6. The standard InChI is InChI=1S/C25H29NO5/c1-17(24(27)26-21(16-30-25(26)28)19-8-4-3-5-9-19)14-18-12-13-22(29-2)23(15-18)31-20-10-6-7-11-20/h4,8-9,12-15,20-21H,3,5-7,10-11,16H2,1-2H3/b17-14+. The first-order valence-electron chi connectivity index (χ1n) is 11.0. The highest BCUT2D eigenvalue weighted by Crippen LogP contribution is 2.33. The molecule has 1 aliphatic heterocycles. The largest absolute Gasteiger partial charge is 0.493 e. The monoisotopic (exact) mass is 423 g/mol. The molecule has 1 aromatic rings. The minimum Gasteiger partial charge on any atom is -0.493 e. The van der Waals surface area contributed by atoms with Gasteiger partial charge >= 0.3 is 6.09 Å². The fourth-order valence-corrected chi connectivity index (χ4v) is 4.33. The number of amides is 2. The number of benzene rings is 1. The summed E-state index contributed by atoms with van der Waals surface area (Å²) < 4.78 is 16.8. The van der Waals surface area contributed by atoms with Gasteiger partial charge in [-0.05, 0) is 74.8 Å². The van der Waals surface area contributed by atoms with Gasteiger partial charge in [-0.1, -0.05) is 24.3 Å². The molecule has 1 atom stereocenters. The molecule has 3 aliphatic rings. The van der Waals surface area contributed by atoms with Crippen LogP contribution in [0.4, 0.5) is 4.79 Å². The van der Waals surface area contributed by atoms with Crippen molar-refractivity contribution in [2.24, 2.45) is 0 Å². The van der Waals surface area contributed by atoms with E-state index in [0.717, 1.165) is 36.8 Å². The molecule has 2 fully saturated rings. The summed E-state index contributed by atoms with van der Waals surface area (Å²) in [6, 6.07) is 5.24. The van der Waals surface area contributed by atoms with E-state index in [-0.39, 0.29) is 24.7 Å². The van der Waals surface area contributed by atoms with E-state index in [1.165, 1.54) is 17.7 Å². The molecule has 0 spiro atoms. The zero-order valence-electron chi connectivity index (χ0n) is 18.1. The van der Waals surface area contributed by atoms with Crippen LogP contribution in [0.25, 0.3) is 6.08 Å². The van der Waals surface area contributed by atoms with Crippen LogP contribution in [0.2, 0.25) is 0 Å². The lowest BCUT2D eigenvalue weighted by molar-refractivity contribution is -0.124. The van der Waals surface area contributed by atoms with Gasteiger partial charge in [0.2, 0.25) is 0 Å². The second-order valence-corrected chi connectivity index (χ2v) is 8.21. The van der Waals surface area contributed by atoms with Crippen molar-refractivity contribution in [1.29, 1.82) is 0 Å². The van der Waals surface area contributed by atoms with Crippen molar-refractivity contribution >= 4 is 18.1 Å². The van der Waals surface area contributed by atoms with Crippen LogP contribution in [0.15, 0.2) is 47.6 Å². The molecule has 2 aliphatic carbocycles. The predicted molar refractivity (Wildman–Crippen MR) is 118 cm³/mol. The Morgan fingerprint density at radius 1 is 1.19 bits per heavy atom. The molecule has 0 aromatic heterocycles. The first-order valence-corrected chi connectivity index (χ1v) is 11.0. The van der Waals surface area contributed by atoms with Gasteiger partial charge in [0.1, 0.15) is 12.6 Å². The van der Waals surface area contributed by atoms with Crippen molar-refractivity contribution in [3.8, 4) is 11.5 Å². The van der Waals surface area contributed by atoms with E-state index in [2.05, 4.69) is 12.2 Å². The summed E-state index contributed by atoms with van der Waals surface area (Å²) in [4.78, 5) is 26.7. The van der Waals surface area contributed by atoms with Crippen molar-refractivity contribution in [3.63, 3.8) is 0 Å². The lowest BCUT2D eigenvalue weighted by atomic mass is 9.99. The molecule has 0 N–H and O–H groups in total. The normalized spacial score (nSPS) is 21.8. The molecule has 4 rings (SSSR count). The molecular formula is C25H29NO5. The number of ether oxygens (including phenoxy) is 3. The minimum atomic E-state index is -0.595. The lowest BCUT2D eigenvalue weighted by Crippen LogP contribution is -2.40. The maximum Gasteiger partial charge on any atom is 0.417 e. The van der Waals surface area contributed by atoms with Crippen LogP contribution in [0.5, 0.6) is 11.5 Å². The number of cyclic esters (lactones) is 1. The Morgan fingerprint density at radius 2 is 2.00 bits per heavy atom. The third-order valence-electron chi connectivity index (χ3n) is 6.00. The molecule has 164 valence electrons. The molecule has 1 heterocycles. The zero-order valence-corrected chi connectivity index (χ0v) is 18.1. The van der Waals surface area contributed by atoms with Crippen LogP contribution in [-0.2, 0) is 9.53 Å². The van der Waals surface area contributed by atoms with Gasteiger partial charge in [0, 0.05) is 5.57 Å². The highest BCUT2D eigenvalue weighted by molar-refractivity contribution is 6.06. The van der Waals surface area contributed by atoms with Crippen molar-refractivity contribution in [3.05, 3.63) is 53.1 Å². The number of methoxy groups -OCH3 is 1. The summed E-state index contributed by atoms with van der Waals surface area (Å²) in [5.74, 6) is 1.01. The summed E-state index contributed by atoms with van der Waals surface area (Å²) >= 11 is 0.